The standard InChI is InChI=1S/C7H5F4N3O/c8-4-1-3(7(9,10)11)2-13-5(4)14-6(12)15/h1-2H,(H3,12,13,14,15). The number of anilines is 1. The van der Waals surface area contributed by atoms with E-state index in [4.69, 9.17) is 0 Å². The topological polar surface area (TPSA) is 68.0 Å². The van der Waals surface area contributed by atoms with Crippen LogP contribution in [0.5, 0.6) is 0 Å². The summed E-state index contributed by atoms with van der Waals surface area (Å²) in [6.07, 6.45) is -4.28. The van der Waals surface area contributed by atoms with Gasteiger partial charge >= 0.3 is 12.2 Å². The van der Waals surface area contributed by atoms with Crippen LogP contribution in [0.1, 0.15) is 5.56 Å². The Morgan fingerprint density at radius 3 is 2.47 bits per heavy atom. The molecule has 0 fully saturated rings. The summed E-state index contributed by atoms with van der Waals surface area (Å²) >= 11 is 0. The lowest BCUT2D eigenvalue weighted by atomic mass is 10.2. The lowest BCUT2D eigenvalue weighted by molar-refractivity contribution is -0.138. The van der Waals surface area contributed by atoms with Gasteiger partial charge in [0.1, 0.15) is 0 Å². The number of amides is 2. The maximum absolute atomic E-state index is 12.9. The number of nitrogens with zero attached hydrogens (tertiary/aromatic N) is 1. The fraction of sp³-hybridized carbons (Fsp3) is 0.143. The quantitative estimate of drug-likeness (QED) is 0.712. The van der Waals surface area contributed by atoms with Crippen LogP contribution in [0, 0.1) is 5.82 Å². The fourth-order valence-electron chi connectivity index (χ4n) is 0.802. The first kappa shape index (κ1) is 11.2. The van der Waals surface area contributed by atoms with Crippen molar-refractivity contribution < 1.29 is 22.4 Å². The summed E-state index contributed by atoms with van der Waals surface area (Å²) in [5, 5.41) is 1.74. The van der Waals surface area contributed by atoms with E-state index < -0.39 is 29.4 Å². The van der Waals surface area contributed by atoms with E-state index in [0.29, 0.717) is 6.20 Å². The minimum atomic E-state index is -4.68. The van der Waals surface area contributed by atoms with Gasteiger partial charge in [0.15, 0.2) is 11.6 Å². The van der Waals surface area contributed by atoms with E-state index in [0.717, 1.165) is 0 Å². The molecule has 4 nitrogen and oxygen atoms in total. The van der Waals surface area contributed by atoms with Gasteiger partial charge in [0.05, 0.1) is 5.56 Å². The number of urea groups is 1. The second-order valence-electron chi connectivity index (χ2n) is 2.54. The molecule has 1 heterocycles. The molecule has 0 aromatic carbocycles. The maximum atomic E-state index is 12.9. The van der Waals surface area contributed by atoms with Crippen LogP contribution in [0.2, 0.25) is 0 Å². The highest BCUT2D eigenvalue weighted by Crippen LogP contribution is 2.29. The number of carbonyl (C=O) groups is 1. The summed E-state index contributed by atoms with van der Waals surface area (Å²) in [4.78, 5) is 13.4. The van der Waals surface area contributed by atoms with E-state index in [1.807, 2.05) is 0 Å². The number of aromatic nitrogens is 1. The highest BCUT2D eigenvalue weighted by molar-refractivity contribution is 5.86. The Hall–Kier alpha value is -1.86. The van der Waals surface area contributed by atoms with Gasteiger partial charge in [-0.3, -0.25) is 5.32 Å². The van der Waals surface area contributed by atoms with Gasteiger partial charge in [-0.25, -0.2) is 14.2 Å². The van der Waals surface area contributed by atoms with E-state index in [-0.39, 0.29) is 6.07 Å². The second kappa shape index (κ2) is 3.71. The number of hydrogen-bond donors (Lipinski definition) is 2. The van der Waals surface area contributed by atoms with Crippen LogP contribution >= 0.6 is 0 Å². The molecule has 0 unspecified atom stereocenters. The zero-order valence-electron chi connectivity index (χ0n) is 7.10. The van der Waals surface area contributed by atoms with Gasteiger partial charge < -0.3 is 5.73 Å². The lowest BCUT2D eigenvalue weighted by Crippen LogP contribution is -2.21. The summed E-state index contributed by atoms with van der Waals surface area (Å²) < 4.78 is 49.0. The zero-order valence-corrected chi connectivity index (χ0v) is 7.10. The molecule has 0 aliphatic heterocycles. The molecule has 15 heavy (non-hydrogen) atoms. The van der Waals surface area contributed by atoms with Gasteiger partial charge in [-0.05, 0) is 6.07 Å². The number of nitrogens with two attached hydrogens (primary N) is 1. The van der Waals surface area contributed by atoms with E-state index >= 15 is 0 Å². The Kier molecular flexibility index (Phi) is 2.78. The first-order chi connectivity index (χ1) is 6.80. The van der Waals surface area contributed by atoms with Crippen LogP contribution in [-0.2, 0) is 6.18 Å². The van der Waals surface area contributed by atoms with Crippen LogP contribution in [0.15, 0.2) is 12.3 Å². The maximum Gasteiger partial charge on any atom is 0.417 e. The molecule has 1 rings (SSSR count). The largest absolute Gasteiger partial charge is 0.417 e. The molecule has 0 aliphatic carbocycles. The van der Waals surface area contributed by atoms with Crippen LogP contribution in [0.4, 0.5) is 28.2 Å². The van der Waals surface area contributed by atoms with Crippen LogP contribution in [0.25, 0.3) is 0 Å². The Bertz CT molecular complexity index is 390. The van der Waals surface area contributed by atoms with Crippen molar-refractivity contribution in [2.24, 2.45) is 5.73 Å². The van der Waals surface area contributed by atoms with Gasteiger partial charge in [-0.1, -0.05) is 0 Å². The third-order valence-electron chi connectivity index (χ3n) is 1.41. The highest BCUT2D eigenvalue weighted by Gasteiger charge is 2.31. The van der Waals surface area contributed by atoms with E-state index in [2.05, 4.69) is 10.7 Å². The lowest BCUT2D eigenvalue weighted by Gasteiger charge is -2.07. The third kappa shape index (κ3) is 2.79. The SMILES string of the molecule is NC(=O)Nc1ncc(C(F)(F)F)cc1F. The predicted octanol–water partition coefficient (Wildman–Crippen LogP) is 1.73. The van der Waals surface area contributed by atoms with Crippen molar-refractivity contribution in [1.29, 1.82) is 0 Å². The number of pyridine rings is 1. The first-order valence-corrected chi connectivity index (χ1v) is 3.60. The van der Waals surface area contributed by atoms with Crippen molar-refractivity contribution in [3.8, 4) is 0 Å². The van der Waals surface area contributed by atoms with Gasteiger partial charge in [0, 0.05) is 6.20 Å². The molecule has 0 atom stereocenters. The van der Waals surface area contributed by atoms with Crippen molar-refractivity contribution in [2.45, 2.75) is 6.18 Å². The summed E-state index contributed by atoms with van der Waals surface area (Å²) in [7, 11) is 0. The monoisotopic (exact) mass is 223 g/mol. The Morgan fingerprint density at radius 1 is 1.47 bits per heavy atom. The fourth-order valence-corrected chi connectivity index (χ4v) is 0.802. The van der Waals surface area contributed by atoms with Crippen LogP contribution in [-0.4, -0.2) is 11.0 Å². The number of hydrogen-bond acceptors (Lipinski definition) is 2. The molecule has 3 N–H and O–H groups in total. The smallest absolute Gasteiger partial charge is 0.351 e. The Morgan fingerprint density at radius 2 is 2.07 bits per heavy atom. The van der Waals surface area contributed by atoms with Gasteiger partial charge in [0.2, 0.25) is 0 Å². The van der Waals surface area contributed by atoms with Crippen LogP contribution < -0.4 is 11.1 Å². The molecule has 82 valence electrons. The molecule has 8 heteroatoms. The van der Waals surface area contributed by atoms with Gasteiger partial charge in [0.25, 0.3) is 0 Å². The predicted molar refractivity (Wildman–Crippen MR) is 42.4 cm³/mol. The van der Waals surface area contributed by atoms with E-state index in [1.165, 1.54) is 0 Å². The van der Waals surface area contributed by atoms with Crippen molar-refractivity contribution >= 4 is 11.8 Å². The highest BCUT2D eigenvalue weighted by atomic mass is 19.4. The second-order valence-corrected chi connectivity index (χ2v) is 2.54. The summed E-state index contributed by atoms with van der Waals surface area (Å²) in [6.45, 7) is 0. The average molecular weight is 223 g/mol. The van der Waals surface area contributed by atoms with Gasteiger partial charge in [-0.2, -0.15) is 13.2 Å². The molecular weight excluding hydrogens is 218 g/mol. The number of halogens is 4. The number of nitrogens with one attached hydrogen (secondary N) is 1. The minimum Gasteiger partial charge on any atom is -0.351 e. The number of primary amides is 1. The normalized spacial score (nSPS) is 11.2. The number of carbonyl (C=O) groups excluding carboxylic acids is 1. The van der Waals surface area contributed by atoms with E-state index in [1.54, 1.807) is 5.32 Å². The van der Waals surface area contributed by atoms with E-state index in [9.17, 15) is 22.4 Å². The Labute approximate surface area is 81.1 Å². The number of alkyl halides is 3. The molecule has 2 amide bonds. The average Bonchev–Trinajstić information content (AvgIpc) is 2.05. The Balaban J connectivity index is 3.03. The number of rotatable bonds is 1. The van der Waals surface area contributed by atoms with Gasteiger partial charge in [-0.15, -0.1) is 0 Å². The zero-order chi connectivity index (χ0) is 11.6. The first-order valence-electron chi connectivity index (χ1n) is 3.60. The molecule has 0 spiro atoms. The minimum absolute atomic E-state index is 0.221. The van der Waals surface area contributed by atoms with Crippen molar-refractivity contribution in [3.63, 3.8) is 0 Å². The third-order valence-corrected chi connectivity index (χ3v) is 1.41. The van der Waals surface area contributed by atoms with Crippen molar-refractivity contribution in [3.05, 3.63) is 23.6 Å². The molecule has 0 saturated heterocycles. The molecule has 1 aromatic heterocycles. The van der Waals surface area contributed by atoms with Crippen molar-refractivity contribution in [2.75, 3.05) is 5.32 Å². The molecule has 0 saturated carbocycles. The molecule has 0 radical (unpaired) electrons. The summed E-state index contributed by atoms with van der Waals surface area (Å²) in [5.41, 5.74) is 3.40. The molecule has 0 bridgehead atoms. The summed E-state index contributed by atoms with van der Waals surface area (Å²) in [5.74, 6) is -1.95. The van der Waals surface area contributed by atoms with Crippen molar-refractivity contribution in [1.82, 2.24) is 4.98 Å². The molecule has 1 aromatic rings. The van der Waals surface area contributed by atoms with Crippen LogP contribution in [0.3, 0.4) is 0 Å². The molecular formula is C7H5F4N3O. The molecule has 0 aliphatic rings. The summed E-state index contributed by atoms with van der Waals surface area (Å²) in [6, 6.07) is -0.890.